The van der Waals surface area contributed by atoms with E-state index in [-0.39, 0.29) is 4.84 Å². The Bertz CT molecular complexity index is 283. The summed E-state index contributed by atoms with van der Waals surface area (Å²) in [4.78, 5) is 13.2. The predicted octanol–water partition coefficient (Wildman–Crippen LogP) is 1.01. The first kappa shape index (κ1) is 6.22. The highest BCUT2D eigenvalue weighted by Crippen LogP contribution is 1.84. The largest absolute Gasteiger partial charge is 0.396 e. The van der Waals surface area contributed by atoms with Crippen molar-refractivity contribution < 1.29 is 4.42 Å². The molecule has 0 unspecified atom stereocenters. The highest BCUT2D eigenvalue weighted by atomic mass is 32.1. The van der Waals surface area contributed by atoms with E-state index in [1.54, 1.807) is 6.92 Å². The Morgan fingerprint density at radius 2 is 2.44 bits per heavy atom. The zero-order valence-corrected chi connectivity index (χ0v) is 5.62. The van der Waals surface area contributed by atoms with Gasteiger partial charge in [0.15, 0.2) is 0 Å². The van der Waals surface area contributed by atoms with Crippen molar-refractivity contribution in [2.45, 2.75) is 6.92 Å². The van der Waals surface area contributed by atoms with Crippen molar-refractivity contribution in [3.8, 4) is 0 Å². The van der Waals surface area contributed by atoms with Crippen LogP contribution in [0.15, 0.2) is 15.3 Å². The summed E-state index contributed by atoms with van der Waals surface area (Å²) in [5.41, 5.74) is 0.313. The van der Waals surface area contributed by atoms with Crippen LogP contribution in [-0.4, -0.2) is 4.98 Å². The maximum absolute atomic E-state index is 10.5. The lowest BCUT2D eigenvalue weighted by atomic mass is 10.5. The van der Waals surface area contributed by atoms with Gasteiger partial charge in [-0.1, -0.05) is 0 Å². The van der Waals surface area contributed by atoms with Crippen LogP contribution in [0.5, 0.6) is 0 Å². The Hall–Kier alpha value is -0.900. The summed E-state index contributed by atoms with van der Waals surface area (Å²) >= 11 is 4.56. The molecule has 0 radical (unpaired) electrons. The first-order chi connectivity index (χ1) is 4.18. The number of hydrogen-bond acceptors (Lipinski definition) is 3. The summed E-state index contributed by atoms with van der Waals surface area (Å²) in [5.74, 6) is 0. The quantitative estimate of drug-likeness (QED) is 0.551. The highest BCUT2D eigenvalue weighted by molar-refractivity contribution is 7.71. The van der Waals surface area contributed by atoms with Crippen LogP contribution in [0.4, 0.5) is 0 Å². The summed E-state index contributed by atoms with van der Waals surface area (Å²) in [6, 6.07) is 1.34. The lowest BCUT2D eigenvalue weighted by molar-refractivity contribution is 0.470. The molecule has 1 N–H and O–H groups in total. The molecule has 0 aliphatic carbocycles. The minimum atomic E-state index is -0.406. The molecule has 48 valence electrons. The minimum absolute atomic E-state index is 0.125. The molecule has 1 aromatic heterocycles. The number of H-pyrrole nitrogens is 1. The molecule has 3 nitrogen and oxygen atoms in total. The van der Waals surface area contributed by atoms with E-state index in [0.717, 1.165) is 5.69 Å². The zero-order valence-electron chi connectivity index (χ0n) is 4.80. The van der Waals surface area contributed by atoms with Crippen LogP contribution in [0.2, 0.25) is 0 Å². The van der Waals surface area contributed by atoms with Gasteiger partial charge in [-0.25, -0.2) is 4.79 Å². The van der Waals surface area contributed by atoms with Crippen molar-refractivity contribution in [1.29, 1.82) is 0 Å². The van der Waals surface area contributed by atoms with Gasteiger partial charge in [-0.2, -0.15) is 0 Å². The van der Waals surface area contributed by atoms with Gasteiger partial charge in [-0.3, -0.25) is 0 Å². The van der Waals surface area contributed by atoms with Crippen molar-refractivity contribution >= 4 is 12.2 Å². The fraction of sp³-hybridized carbons (Fsp3) is 0.200. The monoisotopic (exact) mass is 143 g/mol. The zero-order chi connectivity index (χ0) is 6.85. The van der Waals surface area contributed by atoms with Crippen LogP contribution >= 0.6 is 12.2 Å². The second-order valence-corrected chi connectivity index (χ2v) is 2.03. The number of aromatic nitrogens is 1. The second kappa shape index (κ2) is 2.14. The van der Waals surface area contributed by atoms with E-state index in [0.29, 0.717) is 0 Å². The molecule has 0 bridgehead atoms. The fourth-order valence-electron chi connectivity index (χ4n) is 0.520. The van der Waals surface area contributed by atoms with E-state index in [2.05, 4.69) is 21.6 Å². The average Bonchev–Trinajstić information content (AvgIpc) is 1.59. The van der Waals surface area contributed by atoms with Gasteiger partial charge < -0.3 is 9.40 Å². The van der Waals surface area contributed by atoms with Gasteiger partial charge in [0.25, 0.3) is 4.84 Å². The standard InChI is InChI=1S/C5H5NO2S/c1-3-2-4(7)8-5(9)6-3/h2H,1H3,(H,6,9). The van der Waals surface area contributed by atoms with Crippen LogP contribution in [0, 0.1) is 11.8 Å². The molecule has 1 rings (SSSR count). The summed E-state index contributed by atoms with van der Waals surface area (Å²) in [5, 5.41) is 0. The molecule has 0 spiro atoms. The Morgan fingerprint density at radius 3 is 2.89 bits per heavy atom. The van der Waals surface area contributed by atoms with Gasteiger partial charge in [0.05, 0.1) is 0 Å². The lowest BCUT2D eigenvalue weighted by Crippen LogP contribution is -1.98. The number of aromatic amines is 1. The van der Waals surface area contributed by atoms with Crippen LogP contribution in [0.25, 0.3) is 0 Å². The van der Waals surface area contributed by atoms with Gasteiger partial charge in [-0.15, -0.1) is 0 Å². The van der Waals surface area contributed by atoms with Crippen molar-refractivity contribution in [1.82, 2.24) is 4.98 Å². The lowest BCUT2D eigenvalue weighted by Gasteiger charge is -1.86. The Balaban J connectivity index is 3.52. The van der Waals surface area contributed by atoms with E-state index in [1.165, 1.54) is 6.07 Å². The summed E-state index contributed by atoms with van der Waals surface area (Å²) in [6.45, 7) is 1.74. The summed E-state index contributed by atoms with van der Waals surface area (Å²) in [7, 11) is 0. The Labute approximate surface area is 56.3 Å². The van der Waals surface area contributed by atoms with Crippen molar-refractivity contribution in [2.75, 3.05) is 0 Å². The van der Waals surface area contributed by atoms with Gasteiger partial charge >= 0.3 is 5.63 Å². The molecule has 0 amide bonds. The smallest absolute Gasteiger partial charge is 0.339 e. The van der Waals surface area contributed by atoms with Gasteiger partial charge in [-0.05, 0) is 19.1 Å². The number of aryl methyl sites for hydroxylation is 1. The fourth-order valence-corrected chi connectivity index (χ4v) is 0.763. The molecule has 0 atom stereocenters. The maximum Gasteiger partial charge on any atom is 0.339 e. The molecule has 0 saturated carbocycles. The third-order valence-corrected chi connectivity index (χ3v) is 1.01. The van der Waals surface area contributed by atoms with Crippen LogP contribution < -0.4 is 5.63 Å². The summed E-state index contributed by atoms with van der Waals surface area (Å²) in [6.07, 6.45) is 0. The van der Waals surface area contributed by atoms with Crippen molar-refractivity contribution in [3.63, 3.8) is 0 Å². The average molecular weight is 143 g/mol. The molecular weight excluding hydrogens is 138 g/mol. The van der Waals surface area contributed by atoms with Gasteiger partial charge in [0, 0.05) is 11.8 Å². The molecule has 0 saturated heterocycles. The Morgan fingerprint density at radius 1 is 1.78 bits per heavy atom. The second-order valence-electron chi connectivity index (χ2n) is 1.66. The minimum Gasteiger partial charge on any atom is -0.396 e. The van der Waals surface area contributed by atoms with Crippen LogP contribution in [0.3, 0.4) is 0 Å². The molecule has 0 fully saturated rings. The molecule has 0 aliphatic heterocycles. The van der Waals surface area contributed by atoms with Gasteiger partial charge in [0.2, 0.25) is 0 Å². The van der Waals surface area contributed by atoms with E-state index in [1.807, 2.05) is 0 Å². The van der Waals surface area contributed by atoms with E-state index < -0.39 is 5.63 Å². The van der Waals surface area contributed by atoms with Crippen LogP contribution in [0.1, 0.15) is 5.69 Å². The first-order valence-corrected chi connectivity index (χ1v) is 2.80. The topological polar surface area (TPSA) is 46.0 Å². The molecule has 0 aromatic carbocycles. The van der Waals surface area contributed by atoms with E-state index in [9.17, 15) is 4.79 Å². The van der Waals surface area contributed by atoms with E-state index in [4.69, 9.17) is 0 Å². The third kappa shape index (κ3) is 1.50. The molecule has 1 aromatic rings. The van der Waals surface area contributed by atoms with Crippen molar-refractivity contribution in [2.24, 2.45) is 0 Å². The molecule has 0 aliphatic rings. The third-order valence-electron chi connectivity index (χ3n) is 0.827. The molecular formula is C5H5NO2S. The maximum atomic E-state index is 10.5. The highest BCUT2D eigenvalue weighted by Gasteiger charge is 1.86. The summed E-state index contributed by atoms with van der Waals surface area (Å²) < 4.78 is 4.46. The van der Waals surface area contributed by atoms with E-state index >= 15 is 0 Å². The SMILES string of the molecule is Cc1cc(=O)oc(=S)[nH]1. The molecule has 4 heteroatoms. The van der Waals surface area contributed by atoms with Gasteiger partial charge in [0.1, 0.15) is 0 Å². The predicted molar refractivity (Wildman–Crippen MR) is 34.9 cm³/mol. The number of rotatable bonds is 0. The van der Waals surface area contributed by atoms with Crippen molar-refractivity contribution in [3.05, 3.63) is 27.0 Å². The molecule has 1 heterocycles. The number of hydrogen-bond donors (Lipinski definition) is 1. The van der Waals surface area contributed by atoms with Crippen LogP contribution in [-0.2, 0) is 0 Å². The molecule has 9 heavy (non-hydrogen) atoms. The first-order valence-electron chi connectivity index (χ1n) is 2.39. The number of nitrogens with one attached hydrogen (secondary N) is 1. The normalized spacial score (nSPS) is 9.44. The Kier molecular flexibility index (Phi) is 1.48.